The molecule has 1 fully saturated rings. The van der Waals surface area contributed by atoms with Gasteiger partial charge in [0, 0.05) is 19.6 Å². The van der Waals surface area contributed by atoms with Crippen molar-refractivity contribution in [2.45, 2.75) is 38.2 Å². The van der Waals surface area contributed by atoms with Gasteiger partial charge in [0.25, 0.3) is 0 Å². The Morgan fingerprint density at radius 3 is 2.33 bits per heavy atom. The highest BCUT2D eigenvalue weighted by molar-refractivity contribution is 6.69. The summed E-state index contributed by atoms with van der Waals surface area (Å²) in [5.41, 5.74) is 2.52. The molecule has 0 bridgehead atoms. The van der Waals surface area contributed by atoms with E-state index in [1.54, 1.807) is 0 Å². The first kappa shape index (κ1) is 18.4. The van der Waals surface area contributed by atoms with Crippen molar-refractivity contribution in [1.82, 2.24) is 4.90 Å². The fourth-order valence-electron chi connectivity index (χ4n) is 4.27. The molecule has 1 heterocycles. The van der Waals surface area contributed by atoms with E-state index in [1.165, 1.54) is 21.9 Å². The van der Waals surface area contributed by atoms with Gasteiger partial charge in [-0.05, 0) is 54.0 Å². The van der Waals surface area contributed by atoms with Crippen molar-refractivity contribution >= 4 is 19.1 Å². The minimum Gasteiger partial charge on any atom is -0.407 e. The standard InChI is InChI=1S/C24H29NOSi/c1-27(2,3)26-24(23-14-13-21-11-7-8-12-22(21)17-23)15-16-25(19-24)18-20-9-5-4-6-10-20/h4-14,17H,15-16,18-19H2,1-3H3. The number of likely N-dealkylation sites (tertiary alicyclic amines) is 1. The zero-order chi connectivity index (χ0) is 18.9. The topological polar surface area (TPSA) is 12.5 Å². The van der Waals surface area contributed by atoms with Crippen molar-refractivity contribution < 1.29 is 4.43 Å². The zero-order valence-electron chi connectivity index (χ0n) is 16.6. The number of nitrogens with zero attached hydrogens (tertiary/aromatic N) is 1. The number of hydrogen-bond acceptors (Lipinski definition) is 2. The van der Waals surface area contributed by atoms with E-state index in [0.29, 0.717) is 0 Å². The minimum atomic E-state index is -1.69. The highest BCUT2D eigenvalue weighted by Crippen LogP contribution is 2.40. The Balaban J connectivity index is 1.66. The van der Waals surface area contributed by atoms with Crippen LogP contribution in [0.15, 0.2) is 72.8 Å². The van der Waals surface area contributed by atoms with Gasteiger partial charge in [0.05, 0.1) is 5.60 Å². The predicted molar refractivity (Wildman–Crippen MR) is 116 cm³/mol. The highest BCUT2D eigenvalue weighted by atomic mass is 28.4. The average Bonchev–Trinajstić information content (AvgIpc) is 3.04. The largest absolute Gasteiger partial charge is 0.407 e. The zero-order valence-corrected chi connectivity index (χ0v) is 17.6. The van der Waals surface area contributed by atoms with Gasteiger partial charge in [-0.3, -0.25) is 4.90 Å². The molecule has 2 nitrogen and oxygen atoms in total. The Morgan fingerprint density at radius 1 is 0.889 bits per heavy atom. The van der Waals surface area contributed by atoms with Gasteiger partial charge in [0.15, 0.2) is 8.32 Å². The number of rotatable bonds is 5. The van der Waals surface area contributed by atoms with Crippen molar-refractivity contribution in [2.24, 2.45) is 0 Å². The van der Waals surface area contributed by atoms with Crippen molar-refractivity contribution in [3.63, 3.8) is 0 Å². The van der Waals surface area contributed by atoms with Crippen LogP contribution >= 0.6 is 0 Å². The van der Waals surface area contributed by atoms with Gasteiger partial charge >= 0.3 is 0 Å². The van der Waals surface area contributed by atoms with Gasteiger partial charge in [-0.25, -0.2) is 0 Å². The Bertz CT molecular complexity index is 918. The first-order chi connectivity index (χ1) is 12.9. The lowest BCUT2D eigenvalue weighted by Crippen LogP contribution is -2.42. The van der Waals surface area contributed by atoms with Crippen molar-refractivity contribution in [2.75, 3.05) is 13.1 Å². The van der Waals surface area contributed by atoms with E-state index >= 15 is 0 Å². The molecule has 1 unspecified atom stereocenters. The van der Waals surface area contributed by atoms with Crippen LogP contribution in [0.2, 0.25) is 19.6 Å². The van der Waals surface area contributed by atoms with Crippen LogP contribution in [0.3, 0.4) is 0 Å². The van der Waals surface area contributed by atoms with Crippen LogP contribution in [0.1, 0.15) is 17.5 Å². The number of hydrogen-bond donors (Lipinski definition) is 0. The molecule has 1 atom stereocenters. The Hall–Kier alpha value is -1.94. The summed E-state index contributed by atoms with van der Waals surface area (Å²) in [6.07, 6.45) is 1.06. The summed E-state index contributed by atoms with van der Waals surface area (Å²) >= 11 is 0. The van der Waals surface area contributed by atoms with E-state index in [9.17, 15) is 0 Å². The molecular formula is C24H29NOSi. The van der Waals surface area contributed by atoms with Gasteiger partial charge in [-0.1, -0.05) is 66.7 Å². The molecule has 0 N–H and O–H groups in total. The van der Waals surface area contributed by atoms with Crippen LogP contribution in [0.4, 0.5) is 0 Å². The maximum absolute atomic E-state index is 6.89. The summed E-state index contributed by atoms with van der Waals surface area (Å²) < 4.78 is 6.89. The smallest absolute Gasteiger partial charge is 0.185 e. The van der Waals surface area contributed by atoms with Crippen LogP contribution in [0.5, 0.6) is 0 Å². The molecule has 3 aromatic rings. The van der Waals surface area contributed by atoms with Crippen LogP contribution in [-0.2, 0) is 16.6 Å². The van der Waals surface area contributed by atoms with Gasteiger partial charge in [0.1, 0.15) is 0 Å². The molecule has 0 saturated carbocycles. The van der Waals surface area contributed by atoms with E-state index in [1.807, 2.05) is 0 Å². The summed E-state index contributed by atoms with van der Waals surface area (Å²) in [6.45, 7) is 9.93. The SMILES string of the molecule is C[Si](C)(C)OC1(c2ccc3ccccc3c2)CCN(Cc2ccccc2)C1. The summed E-state index contributed by atoms with van der Waals surface area (Å²) in [5, 5.41) is 2.60. The maximum atomic E-state index is 6.89. The van der Waals surface area contributed by atoms with Gasteiger partial charge in [-0.15, -0.1) is 0 Å². The van der Waals surface area contributed by atoms with Crippen molar-refractivity contribution in [1.29, 1.82) is 0 Å². The fraction of sp³-hybridized carbons (Fsp3) is 0.333. The molecule has 1 aliphatic rings. The Kier molecular flexibility index (Phi) is 4.93. The van der Waals surface area contributed by atoms with Crippen molar-refractivity contribution in [3.05, 3.63) is 83.9 Å². The van der Waals surface area contributed by atoms with E-state index < -0.39 is 8.32 Å². The summed E-state index contributed by atoms with van der Waals surface area (Å²) in [4.78, 5) is 2.55. The first-order valence-electron chi connectivity index (χ1n) is 9.89. The summed E-state index contributed by atoms with van der Waals surface area (Å²) in [6, 6.07) is 26.3. The van der Waals surface area contributed by atoms with Gasteiger partial charge in [0.2, 0.25) is 0 Å². The molecule has 3 aromatic carbocycles. The molecule has 0 radical (unpaired) electrons. The average molecular weight is 376 g/mol. The normalized spacial score (nSPS) is 21.0. The third kappa shape index (κ3) is 4.16. The molecule has 4 rings (SSSR count). The molecule has 1 saturated heterocycles. The Labute approximate surface area is 163 Å². The molecule has 0 spiro atoms. The molecule has 27 heavy (non-hydrogen) atoms. The molecule has 0 aromatic heterocycles. The lowest BCUT2D eigenvalue weighted by atomic mass is 9.91. The third-order valence-electron chi connectivity index (χ3n) is 5.34. The Morgan fingerprint density at radius 2 is 1.59 bits per heavy atom. The fourth-order valence-corrected chi connectivity index (χ4v) is 5.73. The monoisotopic (exact) mass is 375 g/mol. The second-order valence-corrected chi connectivity index (χ2v) is 13.1. The molecule has 0 amide bonds. The number of fused-ring (bicyclic) bond motifs is 1. The van der Waals surface area contributed by atoms with Crippen LogP contribution in [0, 0.1) is 0 Å². The summed E-state index contributed by atoms with van der Waals surface area (Å²) in [7, 11) is -1.69. The molecule has 140 valence electrons. The second kappa shape index (κ2) is 7.23. The maximum Gasteiger partial charge on any atom is 0.185 e. The molecule has 3 heteroatoms. The van der Waals surface area contributed by atoms with Crippen molar-refractivity contribution in [3.8, 4) is 0 Å². The minimum absolute atomic E-state index is 0.191. The highest BCUT2D eigenvalue weighted by Gasteiger charge is 2.43. The first-order valence-corrected chi connectivity index (χ1v) is 13.3. The predicted octanol–water partition coefficient (Wildman–Crippen LogP) is 5.79. The molecular weight excluding hydrogens is 346 g/mol. The van der Waals surface area contributed by atoms with E-state index in [4.69, 9.17) is 4.43 Å². The van der Waals surface area contributed by atoms with Crippen LogP contribution < -0.4 is 0 Å². The third-order valence-corrected chi connectivity index (χ3v) is 6.34. The van der Waals surface area contributed by atoms with Crippen LogP contribution in [0.25, 0.3) is 10.8 Å². The lowest BCUT2D eigenvalue weighted by Gasteiger charge is -2.37. The van der Waals surface area contributed by atoms with E-state index in [0.717, 1.165) is 26.1 Å². The quantitative estimate of drug-likeness (QED) is 0.523. The van der Waals surface area contributed by atoms with E-state index in [-0.39, 0.29) is 5.60 Å². The van der Waals surface area contributed by atoms with E-state index in [2.05, 4.69) is 97.3 Å². The second-order valence-electron chi connectivity index (χ2n) is 8.72. The summed E-state index contributed by atoms with van der Waals surface area (Å²) in [5.74, 6) is 0. The number of benzene rings is 3. The molecule has 1 aliphatic heterocycles. The van der Waals surface area contributed by atoms with Gasteiger partial charge < -0.3 is 4.43 Å². The lowest BCUT2D eigenvalue weighted by molar-refractivity contribution is 0.0654. The van der Waals surface area contributed by atoms with Crippen LogP contribution in [-0.4, -0.2) is 26.3 Å². The van der Waals surface area contributed by atoms with Gasteiger partial charge in [-0.2, -0.15) is 0 Å². The molecule has 0 aliphatic carbocycles.